The van der Waals surface area contributed by atoms with E-state index in [0.717, 1.165) is 50.6 Å². The summed E-state index contributed by atoms with van der Waals surface area (Å²) in [7, 11) is 0. The predicted octanol–water partition coefficient (Wildman–Crippen LogP) is 6.05. The SMILES string of the molecule is C1CCC([NH2+]C2CCCCC2)CC1.CCCCCN(CCCCC)C(=O)[C@@H](CCC(=O)[O-])NC(=O)c1ccc(Cl)c(Cl)c1. The molecule has 7 nitrogen and oxygen atoms in total. The summed E-state index contributed by atoms with van der Waals surface area (Å²) in [5, 5.41) is 16.9. The molecule has 9 heteroatoms. The highest BCUT2D eigenvalue weighted by molar-refractivity contribution is 6.42. The third-order valence-corrected chi connectivity index (χ3v) is 9.38. The number of carbonyl (C=O) groups is 3. The van der Waals surface area contributed by atoms with Crippen molar-refractivity contribution >= 4 is 41.0 Å². The maximum atomic E-state index is 13.2. The Bertz CT molecular complexity index is 939. The Kier molecular flexibility index (Phi) is 18.9. The summed E-state index contributed by atoms with van der Waals surface area (Å²) in [6.07, 6.45) is 20.4. The number of amides is 2. The molecule has 244 valence electrons. The molecule has 0 saturated heterocycles. The van der Waals surface area contributed by atoms with Crippen LogP contribution in [0.3, 0.4) is 0 Å². The topological polar surface area (TPSA) is 106 Å². The van der Waals surface area contributed by atoms with E-state index >= 15 is 0 Å². The number of carboxylic acids is 1. The second-order valence-corrected chi connectivity index (χ2v) is 13.1. The fourth-order valence-corrected chi connectivity index (χ4v) is 6.39. The van der Waals surface area contributed by atoms with E-state index in [0.29, 0.717) is 18.1 Å². The summed E-state index contributed by atoms with van der Waals surface area (Å²) in [6, 6.07) is 5.46. The van der Waals surface area contributed by atoms with E-state index in [4.69, 9.17) is 23.2 Å². The minimum Gasteiger partial charge on any atom is -0.550 e. The number of carboxylic acid groups (broad SMARTS) is 1. The summed E-state index contributed by atoms with van der Waals surface area (Å²) in [6.45, 7) is 5.34. The third-order valence-electron chi connectivity index (χ3n) is 8.64. The lowest BCUT2D eigenvalue weighted by Crippen LogP contribution is -2.95. The van der Waals surface area contributed by atoms with Crippen molar-refractivity contribution in [1.82, 2.24) is 10.2 Å². The third kappa shape index (κ3) is 15.1. The largest absolute Gasteiger partial charge is 0.550 e. The number of nitrogens with zero attached hydrogens (tertiary/aromatic N) is 1. The first-order valence-electron chi connectivity index (χ1n) is 16.8. The molecule has 1 aromatic rings. The second kappa shape index (κ2) is 21.8. The van der Waals surface area contributed by atoms with Gasteiger partial charge in [0.2, 0.25) is 5.91 Å². The van der Waals surface area contributed by atoms with E-state index in [1.54, 1.807) is 4.90 Å². The molecule has 1 aromatic carbocycles. The minimum absolute atomic E-state index is 0.0354. The molecule has 0 bridgehead atoms. The first-order chi connectivity index (χ1) is 20.7. The molecule has 2 aliphatic carbocycles. The van der Waals surface area contributed by atoms with Gasteiger partial charge in [-0.1, -0.05) is 75.6 Å². The van der Waals surface area contributed by atoms with Crippen LogP contribution in [0.4, 0.5) is 0 Å². The fourth-order valence-electron chi connectivity index (χ4n) is 6.09. The number of hydrogen-bond acceptors (Lipinski definition) is 4. The molecule has 0 radical (unpaired) electrons. The van der Waals surface area contributed by atoms with Crippen LogP contribution in [-0.2, 0) is 9.59 Å². The zero-order valence-electron chi connectivity index (χ0n) is 26.5. The zero-order chi connectivity index (χ0) is 31.5. The van der Waals surface area contributed by atoms with Gasteiger partial charge in [-0.05, 0) is 95.2 Å². The van der Waals surface area contributed by atoms with Crippen molar-refractivity contribution in [1.29, 1.82) is 0 Å². The van der Waals surface area contributed by atoms with Crippen LogP contribution in [0.15, 0.2) is 18.2 Å². The highest BCUT2D eigenvalue weighted by Crippen LogP contribution is 2.23. The normalized spacial score (nSPS) is 16.6. The van der Waals surface area contributed by atoms with E-state index in [1.807, 2.05) is 0 Å². The molecule has 2 fully saturated rings. The molecule has 3 N–H and O–H groups in total. The number of benzene rings is 1. The van der Waals surface area contributed by atoms with Gasteiger partial charge in [0.1, 0.15) is 6.04 Å². The maximum absolute atomic E-state index is 13.2. The van der Waals surface area contributed by atoms with Crippen LogP contribution >= 0.6 is 23.2 Å². The lowest BCUT2D eigenvalue weighted by Gasteiger charge is -2.28. The Morgan fingerprint density at radius 3 is 1.86 bits per heavy atom. The molecule has 0 aromatic heterocycles. The number of nitrogens with one attached hydrogen (secondary N) is 1. The Morgan fingerprint density at radius 2 is 1.40 bits per heavy atom. The summed E-state index contributed by atoms with van der Waals surface area (Å²) in [4.78, 5) is 38.6. The fraction of sp³-hybridized carbons (Fsp3) is 0.735. The first-order valence-corrected chi connectivity index (χ1v) is 17.6. The van der Waals surface area contributed by atoms with Crippen LogP contribution in [0.2, 0.25) is 10.0 Å². The predicted molar refractivity (Wildman–Crippen MR) is 173 cm³/mol. The number of nitrogens with two attached hydrogens (primary N) is 1. The highest BCUT2D eigenvalue weighted by atomic mass is 35.5. The Balaban J connectivity index is 0.000000407. The zero-order valence-corrected chi connectivity index (χ0v) is 28.0. The number of quaternary nitrogens is 1. The Morgan fingerprint density at radius 1 is 0.860 bits per heavy atom. The molecule has 2 amide bonds. The van der Waals surface area contributed by atoms with Gasteiger partial charge in [0.25, 0.3) is 5.91 Å². The van der Waals surface area contributed by atoms with E-state index in [2.05, 4.69) is 24.5 Å². The summed E-state index contributed by atoms with van der Waals surface area (Å²) >= 11 is 11.9. The number of rotatable bonds is 16. The van der Waals surface area contributed by atoms with E-state index < -0.39 is 17.9 Å². The van der Waals surface area contributed by atoms with Crippen molar-refractivity contribution in [3.05, 3.63) is 33.8 Å². The van der Waals surface area contributed by atoms with E-state index in [9.17, 15) is 19.5 Å². The standard InChI is InChI=1S/C22H32Cl2N2O4.C12H23N/c1-3-5-7-13-26(14-8-6-4-2)22(30)19(11-12-20(27)28)25-21(29)16-9-10-17(23)18(24)15-16;1-3-7-11(8-4-1)13-12-9-5-2-6-10-12/h9-10,15,19H,3-8,11-14H2,1-2H3,(H,25,29)(H,27,28);11-13H,1-10H2/t19-;/m1./s1. The number of halogens is 2. The van der Waals surface area contributed by atoms with Gasteiger partial charge in [0, 0.05) is 24.6 Å². The van der Waals surface area contributed by atoms with Gasteiger partial charge in [0.05, 0.1) is 22.1 Å². The Hall–Kier alpha value is -1.83. The minimum atomic E-state index is -1.26. The average Bonchev–Trinajstić information content (AvgIpc) is 3.01. The molecule has 0 spiro atoms. The van der Waals surface area contributed by atoms with Crippen LogP contribution in [0, 0.1) is 0 Å². The van der Waals surface area contributed by atoms with Crippen LogP contribution < -0.4 is 15.7 Å². The van der Waals surface area contributed by atoms with Gasteiger partial charge in [-0.2, -0.15) is 0 Å². The summed E-state index contributed by atoms with van der Waals surface area (Å²) < 4.78 is 0. The van der Waals surface area contributed by atoms with Gasteiger partial charge < -0.3 is 25.4 Å². The van der Waals surface area contributed by atoms with Crippen LogP contribution in [0.25, 0.3) is 0 Å². The lowest BCUT2D eigenvalue weighted by atomic mass is 9.91. The first kappa shape index (κ1) is 37.4. The molecule has 2 saturated carbocycles. The van der Waals surface area contributed by atoms with Crippen molar-refractivity contribution in [2.75, 3.05) is 13.1 Å². The number of unbranched alkanes of at least 4 members (excludes halogenated alkanes) is 4. The van der Waals surface area contributed by atoms with Crippen molar-refractivity contribution in [3.8, 4) is 0 Å². The smallest absolute Gasteiger partial charge is 0.251 e. The molecule has 0 heterocycles. The van der Waals surface area contributed by atoms with Crippen LogP contribution in [0.1, 0.15) is 140 Å². The summed E-state index contributed by atoms with van der Waals surface area (Å²) in [5.74, 6) is -2.04. The van der Waals surface area contributed by atoms with Crippen molar-refractivity contribution in [2.24, 2.45) is 0 Å². The number of aliphatic carboxylic acids is 1. The number of hydrogen-bond donors (Lipinski definition) is 2. The molecular weight excluding hydrogens is 585 g/mol. The average molecular weight is 641 g/mol. The van der Waals surface area contributed by atoms with Crippen LogP contribution in [-0.4, -0.2) is 53.9 Å². The van der Waals surface area contributed by atoms with Gasteiger partial charge >= 0.3 is 0 Å². The van der Waals surface area contributed by atoms with Crippen LogP contribution in [0.5, 0.6) is 0 Å². The molecular formula is C34H55Cl2N3O4. The molecule has 0 aliphatic heterocycles. The maximum Gasteiger partial charge on any atom is 0.251 e. The monoisotopic (exact) mass is 639 g/mol. The molecule has 43 heavy (non-hydrogen) atoms. The van der Waals surface area contributed by atoms with Gasteiger partial charge in [-0.15, -0.1) is 0 Å². The molecule has 3 rings (SSSR count). The van der Waals surface area contributed by atoms with Gasteiger partial charge in [-0.3, -0.25) is 9.59 Å². The highest BCUT2D eigenvalue weighted by Gasteiger charge is 2.26. The van der Waals surface area contributed by atoms with Crippen molar-refractivity contribution in [3.63, 3.8) is 0 Å². The molecule has 0 unspecified atom stereocenters. The molecule has 2 aliphatic rings. The summed E-state index contributed by atoms with van der Waals surface area (Å²) in [5.41, 5.74) is 0.249. The number of carbonyl (C=O) groups excluding carboxylic acids is 3. The Labute approximate surface area is 269 Å². The quantitative estimate of drug-likeness (QED) is 0.215. The molecule has 1 atom stereocenters. The van der Waals surface area contributed by atoms with E-state index in [-0.39, 0.29) is 29.3 Å². The second-order valence-electron chi connectivity index (χ2n) is 12.3. The van der Waals surface area contributed by atoms with Gasteiger partial charge in [0.15, 0.2) is 0 Å². The van der Waals surface area contributed by atoms with Gasteiger partial charge in [-0.25, -0.2) is 0 Å². The van der Waals surface area contributed by atoms with Crippen molar-refractivity contribution in [2.45, 2.75) is 148 Å². The lowest BCUT2D eigenvalue weighted by molar-refractivity contribution is -0.725. The van der Waals surface area contributed by atoms with Crippen molar-refractivity contribution < 1.29 is 24.8 Å². The van der Waals surface area contributed by atoms with E-state index in [1.165, 1.54) is 82.4 Å².